The average molecular weight is 393 g/mol. The molecule has 2 aliphatic heterocycles. The minimum atomic E-state index is -0.565. The summed E-state index contributed by atoms with van der Waals surface area (Å²) >= 11 is 5.72. The summed E-state index contributed by atoms with van der Waals surface area (Å²) < 4.78 is 24.4. The number of nitrogens with zero attached hydrogens (tertiary/aromatic N) is 4. The van der Waals surface area contributed by atoms with Gasteiger partial charge >= 0.3 is 6.03 Å². The van der Waals surface area contributed by atoms with Crippen molar-refractivity contribution in [1.29, 1.82) is 0 Å². The van der Waals surface area contributed by atoms with E-state index in [1.165, 1.54) is 24.4 Å². The van der Waals surface area contributed by atoms with Crippen molar-refractivity contribution in [3.8, 4) is 11.6 Å². The van der Waals surface area contributed by atoms with Gasteiger partial charge in [-0.2, -0.15) is 0 Å². The van der Waals surface area contributed by atoms with Crippen LogP contribution in [0.15, 0.2) is 30.6 Å². The molecule has 7 nitrogen and oxygen atoms in total. The molecular formula is C18H18ClFN4O3. The van der Waals surface area contributed by atoms with Crippen molar-refractivity contribution in [3.05, 3.63) is 47.1 Å². The first-order valence-corrected chi connectivity index (χ1v) is 9.04. The molecule has 0 aliphatic carbocycles. The van der Waals surface area contributed by atoms with E-state index in [1.54, 1.807) is 11.1 Å². The number of hydrogen-bond acceptors (Lipinski definition) is 5. The lowest BCUT2D eigenvalue weighted by molar-refractivity contribution is 0.0346. The van der Waals surface area contributed by atoms with E-state index < -0.39 is 5.82 Å². The molecule has 0 bridgehead atoms. The molecule has 2 aliphatic rings. The first kappa shape index (κ1) is 17.9. The number of ether oxygens (including phenoxy) is 2. The monoisotopic (exact) mass is 392 g/mol. The van der Waals surface area contributed by atoms with E-state index in [-0.39, 0.29) is 23.6 Å². The van der Waals surface area contributed by atoms with Gasteiger partial charge in [-0.1, -0.05) is 11.6 Å². The third-order valence-electron chi connectivity index (χ3n) is 4.61. The fraction of sp³-hybridized carbons (Fsp3) is 0.389. The number of hydrogen-bond donors (Lipinski definition) is 0. The summed E-state index contributed by atoms with van der Waals surface area (Å²) in [6.07, 6.45) is 3.06. The van der Waals surface area contributed by atoms with Gasteiger partial charge in [0, 0.05) is 37.1 Å². The molecule has 3 heterocycles. The smallest absolute Gasteiger partial charge is 0.320 e. The van der Waals surface area contributed by atoms with Crippen LogP contribution >= 0.6 is 11.6 Å². The Morgan fingerprint density at radius 3 is 2.63 bits per heavy atom. The van der Waals surface area contributed by atoms with Crippen LogP contribution in [0.1, 0.15) is 11.6 Å². The highest BCUT2D eigenvalue weighted by Gasteiger charge is 2.35. The molecule has 0 atom stereocenters. The van der Waals surface area contributed by atoms with Crippen LogP contribution in [0.3, 0.4) is 0 Å². The highest BCUT2D eigenvalue weighted by Crippen LogP contribution is 2.28. The topological polar surface area (TPSA) is 67.8 Å². The second-order valence-corrected chi connectivity index (χ2v) is 6.88. The Balaban J connectivity index is 1.33. The van der Waals surface area contributed by atoms with Crippen molar-refractivity contribution in [2.75, 3.05) is 39.4 Å². The predicted molar refractivity (Wildman–Crippen MR) is 95.6 cm³/mol. The van der Waals surface area contributed by atoms with Crippen molar-refractivity contribution in [2.24, 2.45) is 0 Å². The van der Waals surface area contributed by atoms with Gasteiger partial charge in [0.25, 0.3) is 0 Å². The fourth-order valence-corrected chi connectivity index (χ4v) is 3.20. The van der Waals surface area contributed by atoms with Gasteiger partial charge in [0.05, 0.1) is 31.3 Å². The maximum Gasteiger partial charge on any atom is 0.320 e. The molecule has 0 N–H and O–H groups in total. The Hall–Kier alpha value is -2.45. The summed E-state index contributed by atoms with van der Waals surface area (Å²) in [6, 6.07) is 4.19. The number of carbonyl (C=O) groups excluding carboxylic acids is 1. The lowest BCUT2D eigenvalue weighted by Crippen LogP contribution is -2.56. The summed E-state index contributed by atoms with van der Waals surface area (Å²) in [5.41, 5.74) is 0.782. The molecule has 2 amide bonds. The Morgan fingerprint density at radius 1 is 1.19 bits per heavy atom. The molecule has 27 heavy (non-hydrogen) atoms. The summed E-state index contributed by atoms with van der Waals surface area (Å²) in [5, 5.41) is 0.294. The summed E-state index contributed by atoms with van der Waals surface area (Å²) in [5.74, 6) is -0.193. The zero-order valence-corrected chi connectivity index (χ0v) is 15.2. The summed E-state index contributed by atoms with van der Waals surface area (Å²) in [6.45, 7) is 3.66. The zero-order chi connectivity index (χ0) is 18.8. The van der Waals surface area contributed by atoms with Gasteiger partial charge in [-0.25, -0.2) is 14.2 Å². The van der Waals surface area contributed by atoms with Gasteiger partial charge in [0.2, 0.25) is 5.88 Å². The molecule has 0 radical (unpaired) electrons. The number of rotatable bonds is 3. The van der Waals surface area contributed by atoms with Crippen molar-refractivity contribution in [2.45, 2.75) is 5.92 Å². The molecule has 9 heteroatoms. The van der Waals surface area contributed by atoms with Crippen molar-refractivity contribution in [1.82, 2.24) is 19.8 Å². The second-order valence-electron chi connectivity index (χ2n) is 6.44. The SMILES string of the molecule is O=C(N1CCOCC1)N1CC(c2cnc(Oc3ccc(Cl)cc3F)cn2)C1. The molecule has 2 fully saturated rings. The zero-order valence-electron chi connectivity index (χ0n) is 14.5. The third-order valence-corrected chi connectivity index (χ3v) is 4.84. The van der Waals surface area contributed by atoms with E-state index in [1.807, 2.05) is 4.90 Å². The largest absolute Gasteiger partial charge is 0.434 e. The normalized spacial score (nSPS) is 17.6. The van der Waals surface area contributed by atoms with E-state index in [9.17, 15) is 9.18 Å². The average Bonchev–Trinajstić information content (AvgIpc) is 2.65. The summed E-state index contributed by atoms with van der Waals surface area (Å²) in [4.78, 5) is 24.5. The summed E-state index contributed by atoms with van der Waals surface area (Å²) in [7, 11) is 0. The highest BCUT2D eigenvalue weighted by molar-refractivity contribution is 6.30. The number of urea groups is 1. The molecule has 4 rings (SSSR count). The predicted octanol–water partition coefficient (Wildman–Crippen LogP) is 2.91. The fourth-order valence-electron chi connectivity index (χ4n) is 3.04. The number of carbonyl (C=O) groups is 1. The molecular weight excluding hydrogens is 375 g/mol. The standard InChI is InChI=1S/C18H18ClFN4O3/c19-13-1-2-16(14(20)7-13)27-17-9-21-15(8-22-17)12-10-24(11-12)18(25)23-3-5-26-6-4-23/h1-2,7-9,12H,3-6,10-11H2. The highest BCUT2D eigenvalue weighted by atomic mass is 35.5. The van der Waals surface area contributed by atoms with Gasteiger partial charge in [-0.05, 0) is 18.2 Å². The van der Waals surface area contributed by atoms with Gasteiger partial charge in [-0.3, -0.25) is 4.98 Å². The van der Waals surface area contributed by atoms with Gasteiger partial charge in [-0.15, -0.1) is 0 Å². The second kappa shape index (κ2) is 7.66. The Kier molecular flexibility index (Phi) is 5.09. The number of aromatic nitrogens is 2. The van der Waals surface area contributed by atoms with Crippen LogP contribution in [0, 0.1) is 5.82 Å². The molecule has 1 aromatic heterocycles. The van der Waals surface area contributed by atoms with Crippen molar-refractivity contribution >= 4 is 17.6 Å². The van der Waals surface area contributed by atoms with Crippen LogP contribution in [0.4, 0.5) is 9.18 Å². The quantitative estimate of drug-likeness (QED) is 0.803. The van der Waals surface area contributed by atoms with Gasteiger partial charge < -0.3 is 19.3 Å². The molecule has 0 unspecified atom stereocenters. The number of benzene rings is 1. The molecule has 142 valence electrons. The lowest BCUT2D eigenvalue weighted by atomic mass is 9.97. The van der Waals surface area contributed by atoms with E-state index in [4.69, 9.17) is 21.1 Å². The molecule has 0 spiro atoms. The minimum Gasteiger partial charge on any atom is -0.434 e. The van der Waals surface area contributed by atoms with Crippen molar-refractivity contribution < 1.29 is 18.7 Å². The van der Waals surface area contributed by atoms with E-state index in [0.29, 0.717) is 44.4 Å². The molecule has 1 aromatic carbocycles. The van der Waals surface area contributed by atoms with E-state index in [0.717, 1.165) is 5.69 Å². The van der Waals surface area contributed by atoms with E-state index >= 15 is 0 Å². The first-order valence-electron chi connectivity index (χ1n) is 8.66. The maximum atomic E-state index is 13.8. The first-order chi connectivity index (χ1) is 13.1. The third kappa shape index (κ3) is 3.96. The number of amides is 2. The minimum absolute atomic E-state index is 0.0346. The number of morpholine rings is 1. The van der Waals surface area contributed by atoms with Crippen LogP contribution in [0.25, 0.3) is 0 Å². The number of likely N-dealkylation sites (tertiary alicyclic amines) is 1. The Morgan fingerprint density at radius 2 is 1.96 bits per heavy atom. The maximum absolute atomic E-state index is 13.8. The molecule has 2 saturated heterocycles. The van der Waals surface area contributed by atoms with Crippen LogP contribution in [-0.2, 0) is 4.74 Å². The van der Waals surface area contributed by atoms with Crippen LogP contribution in [0.2, 0.25) is 5.02 Å². The molecule has 0 saturated carbocycles. The lowest BCUT2D eigenvalue weighted by Gasteiger charge is -2.42. The van der Waals surface area contributed by atoms with Gasteiger partial charge in [0.15, 0.2) is 11.6 Å². The van der Waals surface area contributed by atoms with Crippen LogP contribution in [-0.4, -0.2) is 65.2 Å². The Bertz CT molecular complexity index is 824. The van der Waals surface area contributed by atoms with Gasteiger partial charge in [0.1, 0.15) is 0 Å². The van der Waals surface area contributed by atoms with Crippen LogP contribution in [0.5, 0.6) is 11.6 Å². The van der Waals surface area contributed by atoms with E-state index in [2.05, 4.69) is 9.97 Å². The number of halogens is 2. The van der Waals surface area contributed by atoms with Crippen molar-refractivity contribution in [3.63, 3.8) is 0 Å². The Labute approximate surface area is 160 Å². The van der Waals surface area contributed by atoms with Crippen LogP contribution < -0.4 is 4.74 Å². The molecule has 2 aromatic rings.